The van der Waals surface area contributed by atoms with Crippen molar-refractivity contribution in [3.63, 3.8) is 0 Å². The summed E-state index contributed by atoms with van der Waals surface area (Å²) in [7, 11) is 0. The largest absolute Gasteiger partial charge is 0.294 e. The standard InChI is InChI=1S/C38H25N5/c1-4-13-26(14-5-1)34-33-31-21-10-11-22-32(31)43(30-19-8-3-9-20-30)38(33)42-37(41-34)29-18-12-17-28(25-29)36-35(39-23-24-40-36)27-15-6-2-7-16-27/h1-25H. The van der Waals surface area contributed by atoms with Crippen molar-refractivity contribution in [1.82, 2.24) is 24.5 Å². The van der Waals surface area contributed by atoms with E-state index in [0.29, 0.717) is 5.82 Å². The van der Waals surface area contributed by atoms with E-state index in [4.69, 9.17) is 19.9 Å². The molecule has 202 valence electrons. The van der Waals surface area contributed by atoms with Crippen LogP contribution in [0.15, 0.2) is 152 Å². The molecular formula is C38H25N5. The van der Waals surface area contributed by atoms with E-state index in [2.05, 4.69) is 108 Å². The third-order valence-electron chi connectivity index (χ3n) is 7.72. The van der Waals surface area contributed by atoms with Gasteiger partial charge in [0.1, 0.15) is 5.65 Å². The second-order valence-corrected chi connectivity index (χ2v) is 10.3. The fourth-order valence-corrected chi connectivity index (χ4v) is 5.79. The van der Waals surface area contributed by atoms with Crippen molar-refractivity contribution < 1.29 is 0 Å². The minimum absolute atomic E-state index is 0.651. The molecule has 0 atom stereocenters. The quantitative estimate of drug-likeness (QED) is 0.214. The van der Waals surface area contributed by atoms with Crippen LogP contribution in [0.3, 0.4) is 0 Å². The number of fused-ring (bicyclic) bond motifs is 3. The van der Waals surface area contributed by atoms with Crippen LogP contribution >= 0.6 is 0 Å². The molecule has 8 rings (SSSR count). The van der Waals surface area contributed by atoms with Gasteiger partial charge in [-0.1, -0.05) is 115 Å². The molecule has 5 heteroatoms. The Labute approximate surface area is 248 Å². The lowest BCUT2D eigenvalue weighted by Crippen LogP contribution is -2.00. The van der Waals surface area contributed by atoms with E-state index in [1.54, 1.807) is 12.4 Å². The van der Waals surface area contributed by atoms with Crippen LogP contribution < -0.4 is 0 Å². The van der Waals surface area contributed by atoms with Gasteiger partial charge in [0.2, 0.25) is 0 Å². The minimum Gasteiger partial charge on any atom is -0.294 e. The average Bonchev–Trinajstić information content (AvgIpc) is 3.43. The summed E-state index contributed by atoms with van der Waals surface area (Å²) >= 11 is 0. The Bertz CT molecular complexity index is 2220. The highest BCUT2D eigenvalue weighted by Gasteiger charge is 2.21. The van der Waals surface area contributed by atoms with Crippen molar-refractivity contribution in [3.8, 4) is 50.8 Å². The van der Waals surface area contributed by atoms with Crippen LogP contribution in [0.25, 0.3) is 72.8 Å². The number of nitrogens with zero attached hydrogens (tertiary/aromatic N) is 5. The number of benzene rings is 5. The van der Waals surface area contributed by atoms with Crippen LogP contribution in [-0.2, 0) is 0 Å². The van der Waals surface area contributed by atoms with Crippen LogP contribution in [0.1, 0.15) is 0 Å². The zero-order valence-electron chi connectivity index (χ0n) is 23.2. The first-order valence-corrected chi connectivity index (χ1v) is 14.2. The third-order valence-corrected chi connectivity index (χ3v) is 7.72. The number of hydrogen-bond acceptors (Lipinski definition) is 4. The molecular weight excluding hydrogens is 526 g/mol. The first kappa shape index (κ1) is 24.8. The molecule has 3 aromatic heterocycles. The van der Waals surface area contributed by atoms with Crippen LogP contribution in [-0.4, -0.2) is 24.5 Å². The number of hydrogen-bond donors (Lipinski definition) is 0. The fourth-order valence-electron chi connectivity index (χ4n) is 5.79. The van der Waals surface area contributed by atoms with E-state index in [0.717, 1.165) is 67.0 Å². The maximum absolute atomic E-state index is 5.28. The highest BCUT2D eigenvalue weighted by molar-refractivity contribution is 6.14. The summed E-state index contributed by atoms with van der Waals surface area (Å²) in [5, 5.41) is 2.15. The monoisotopic (exact) mass is 551 g/mol. The molecule has 5 nitrogen and oxygen atoms in total. The van der Waals surface area contributed by atoms with Gasteiger partial charge >= 0.3 is 0 Å². The van der Waals surface area contributed by atoms with E-state index in [9.17, 15) is 0 Å². The van der Waals surface area contributed by atoms with E-state index in [1.165, 1.54) is 0 Å². The minimum atomic E-state index is 0.651. The third kappa shape index (κ3) is 4.35. The zero-order valence-corrected chi connectivity index (χ0v) is 23.2. The van der Waals surface area contributed by atoms with Crippen LogP contribution in [0.2, 0.25) is 0 Å². The predicted molar refractivity (Wildman–Crippen MR) is 174 cm³/mol. The maximum atomic E-state index is 5.28. The van der Waals surface area contributed by atoms with Crippen molar-refractivity contribution in [3.05, 3.63) is 152 Å². The average molecular weight is 552 g/mol. The Morgan fingerprint density at radius 2 is 1.00 bits per heavy atom. The van der Waals surface area contributed by atoms with Crippen molar-refractivity contribution in [1.29, 1.82) is 0 Å². The molecule has 0 fully saturated rings. The van der Waals surface area contributed by atoms with Gasteiger partial charge in [0, 0.05) is 45.7 Å². The molecule has 8 aromatic rings. The molecule has 0 saturated heterocycles. The SMILES string of the molecule is c1ccc(-c2nccnc2-c2cccc(-c3nc(-c4ccccc4)c4c5ccccc5n(-c5ccccc5)c4n3)c2)cc1. The Morgan fingerprint density at radius 3 is 1.72 bits per heavy atom. The lowest BCUT2D eigenvalue weighted by Gasteiger charge is -2.12. The summed E-state index contributed by atoms with van der Waals surface area (Å²) in [6.07, 6.45) is 3.48. The van der Waals surface area contributed by atoms with Gasteiger partial charge in [-0.3, -0.25) is 14.5 Å². The molecule has 0 aliphatic heterocycles. The normalized spacial score (nSPS) is 11.3. The Hall–Kier alpha value is -5.94. The van der Waals surface area contributed by atoms with Gasteiger partial charge in [-0.2, -0.15) is 0 Å². The zero-order chi connectivity index (χ0) is 28.6. The van der Waals surface area contributed by atoms with Gasteiger partial charge in [-0.05, 0) is 24.3 Å². The second-order valence-electron chi connectivity index (χ2n) is 10.3. The molecule has 0 radical (unpaired) electrons. The topological polar surface area (TPSA) is 56.5 Å². The van der Waals surface area contributed by atoms with Crippen molar-refractivity contribution in [2.24, 2.45) is 0 Å². The van der Waals surface area contributed by atoms with Gasteiger partial charge in [0.25, 0.3) is 0 Å². The number of aromatic nitrogens is 5. The van der Waals surface area contributed by atoms with Gasteiger partial charge in [-0.15, -0.1) is 0 Å². The van der Waals surface area contributed by atoms with E-state index >= 15 is 0 Å². The molecule has 3 heterocycles. The van der Waals surface area contributed by atoms with Crippen LogP contribution in [0, 0.1) is 0 Å². The summed E-state index contributed by atoms with van der Waals surface area (Å²) < 4.78 is 2.24. The Morgan fingerprint density at radius 1 is 0.442 bits per heavy atom. The summed E-state index contributed by atoms with van der Waals surface area (Å²) in [6, 6.07) is 47.7. The molecule has 5 aromatic carbocycles. The highest BCUT2D eigenvalue weighted by Crippen LogP contribution is 2.38. The van der Waals surface area contributed by atoms with Crippen molar-refractivity contribution in [2.45, 2.75) is 0 Å². The molecule has 0 spiro atoms. The van der Waals surface area contributed by atoms with E-state index < -0.39 is 0 Å². The van der Waals surface area contributed by atoms with Crippen LogP contribution in [0.4, 0.5) is 0 Å². The summed E-state index contributed by atoms with van der Waals surface area (Å²) in [5.74, 6) is 0.651. The Balaban J connectivity index is 1.40. The first-order valence-electron chi connectivity index (χ1n) is 14.2. The molecule has 0 bridgehead atoms. The lowest BCUT2D eigenvalue weighted by atomic mass is 10.0. The number of para-hydroxylation sites is 2. The molecule has 0 unspecified atom stereocenters. The highest BCUT2D eigenvalue weighted by atomic mass is 15.1. The van der Waals surface area contributed by atoms with Crippen molar-refractivity contribution in [2.75, 3.05) is 0 Å². The van der Waals surface area contributed by atoms with E-state index in [1.807, 2.05) is 36.4 Å². The smallest absolute Gasteiger partial charge is 0.162 e. The van der Waals surface area contributed by atoms with Crippen LogP contribution in [0.5, 0.6) is 0 Å². The summed E-state index contributed by atoms with van der Waals surface area (Å²) in [5.41, 5.74) is 9.50. The predicted octanol–water partition coefficient (Wildman–Crippen LogP) is 9.03. The molecule has 0 aliphatic rings. The van der Waals surface area contributed by atoms with Crippen molar-refractivity contribution >= 4 is 21.9 Å². The molecule has 0 N–H and O–H groups in total. The fraction of sp³-hybridized carbons (Fsp3) is 0. The van der Waals surface area contributed by atoms with E-state index in [-0.39, 0.29) is 0 Å². The molecule has 43 heavy (non-hydrogen) atoms. The lowest BCUT2D eigenvalue weighted by molar-refractivity contribution is 1.11. The maximum Gasteiger partial charge on any atom is 0.162 e. The van der Waals surface area contributed by atoms with Gasteiger partial charge in [-0.25, -0.2) is 9.97 Å². The molecule has 0 amide bonds. The number of rotatable bonds is 5. The van der Waals surface area contributed by atoms with Gasteiger partial charge in [0.15, 0.2) is 5.82 Å². The summed E-state index contributed by atoms with van der Waals surface area (Å²) in [6.45, 7) is 0. The molecule has 0 aliphatic carbocycles. The Kier molecular flexibility index (Phi) is 6.05. The second kappa shape index (κ2) is 10.5. The van der Waals surface area contributed by atoms with Gasteiger partial charge < -0.3 is 0 Å². The van der Waals surface area contributed by atoms with Gasteiger partial charge in [0.05, 0.1) is 28.0 Å². The summed E-state index contributed by atoms with van der Waals surface area (Å²) in [4.78, 5) is 20.0. The first-order chi connectivity index (χ1) is 21.3. The molecule has 0 saturated carbocycles.